The summed E-state index contributed by atoms with van der Waals surface area (Å²) >= 11 is 0. The van der Waals surface area contributed by atoms with Gasteiger partial charge >= 0.3 is 0 Å². The van der Waals surface area contributed by atoms with Crippen LogP contribution in [0.5, 0.6) is 0 Å². The summed E-state index contributed by atoms with van der Waals surface area (Å²) < 4.78 is 0. The molecule has 1 rings (SSSR count). The first-order valence-corrected chi connectivity index (χ1v) is 19.4. The van der Waals surface area contributed by atoms with E-state index in [0.717, 1.165) is 6.42 Å². The molecule has 1 heterocycles. The maximum absolute atomic E-state index is 4.66. The van der Waals surface area contributed by atoms with Crippen LogP contribution in [-0.2, 0) is 12.8 Å². The minimum atomic E-state index is 1.14. The molecule has 41 heavy (non-hydrogen) atoms. The van der Waals surface area contributed by atoms with Crippen LogP contribution in [0.2, 0.25) is 0 Å². The van der Waals surface area contributed by atoms with Gasteiger partial charge in [-0.3, -0.25) is 0 Å². The zero-order valence-corrected chi connectivity index (χ0v) is 28.6. The minimum absolute atomic E-state index is 1.14. The Morgan fingerprint density at radius 1 is 0.366 bits per heavy atom. The number of unbranched alkanes of at least 4 members (excludes halogenated alkanes) is 30. The number of H-pyrrole nitrogens is 1. The molecule has 0 atom stereocenters. The molecule has 0 spiro atoms. The van der Waals surface area contributed by atoms with E-state index in [9.17, 15) is 0 Å². The molecule has 242 valence electrons. The van der Waals surface area contributed by atoms with E-state index in [2.05, 4.69) is 30.0 Å². The Morgan fingerprint density at radius 3 is 0.951 bits per heavy atom. The molecule has 0 aliphatic rings. The van der Waals surface area contributed by atoms with E-state index in [1.807, 2.05) is 0 Å². The third kappa shape index (κ3) is 27.8. The number of rotatable bonds is 34. The van der Waals surface area contributed by atoms with Crippen LogP contribution < -0.4 is 0 Å². The Bertz CT molecular complexity index is 556. The van der Waals surface area contributed by atoms with Gasteiger partial charge in [-0.15, -0.1) is 0 Å². The lowest BCUT2D eigenvalue weighted by molar-refractivity contribution is 0.528. The van der Waals surface area contributed by atoms with E-state index in [-0.39, 0.29) is 0 Å². The summed E-state index contributed by atoms with van der Waals surface area (Å²) in [4.78, 5) is 8.27. The molecule has 0 radical (unpaired) electrons. The van der Waals surface area contributed by atoms with Crippen molar-refractivity contribution in [2.75, 3.05) is 0 Å². The molecule has 0 saturated carbocycles. The monoisotopic (exact) mass is 573 g/mol. The van der Waals surface area contributed by atoms with Crippen molar-refractivity contribution in [1.29, 1.82) is 0 Å². The summed E-state index contributed by atoms with van der Waals surface area (Å²) in [5.74, 6) is 1.22. The molecule has 0 unspecified atom stereocenters. The van der Waals surface area contributed by atoms with Crippen molar-refractivity contribution in [2.45, 2.75) is 232 Å². The van der Waals surface area contributed by atoms with Crippen molar-refractivity contribution in [1.82, 2.24) is 9.97 Å². The maximum atomic E-state index is 4.66. The second kappa shape index (κ2) is 32.1. The second-order valence-electron chi connectivity index (χ2n) is 13.5. The van der Waals surface area contributed by atoms with Gasteiger partial charge < -0.3 is 4.98 Å². The van der Waals surface area contributed by atoms with Gasteiger partial charge in [-0.1, -0.05) is 206 Å². The predicted molar refractivity (Wildman–Crippen MR) is 185 cm³/mol. The van der Waals surface area contributed by atoms with Crippen LogP contribution in [0.1, 0.15) is 231 Å². The van der Waals surface area contributed by atoms with E-state index in [1.54, 1.807) is 0 Å². The molecule has 0 bridgehead atoms. The fraction of sp³-hybridized carbons (Fsp3) is 0.923. The van der Waals surface area contributed by atoms with Gasteiger partial charge in [-0.2, -0.15) is 0 Å². The van der Waals surface area contributed by atoms with E-state index < -0.39 is 0 Å². The largest absolute Gasteiger partial charge is 0.346 e. The first-order valence-electron chi connectivity index (χ1n) is 19.4. The fourth-order valence-electron chi connectivity index (χ4n) is 6.36. The lowest BCUT2D eigenvalue weighted by Crippen LogP contribution is -1.91. The average molecular weight is 573 g/mol. The van der Waals surface area contributed by atoms with Crippen LogP contribution in [-0.4, -0.2) is 9.97 Å². The number of hydrogen-bond donors (Lipinski definition) is 1. The quantitative estimate of drug-likeness (QED) is 0.0817. The van der Waals surface area contributed by atoms with Crippen LogP contribution in [0.4, 0.5) is 0 Å². The smallest absolute Gasteiger partial charge is 0.106 e. The van der Waals surface area contributed by atoms with Gasteiger partial charge in [0.2, 0.25) is 0 Å². The number of aryl methyl sites for hydroxylation is 2. The van der Waals surface area contributed by atoms with E-state index >= 15 is 0 Å². The van der Waals surface area contributed by atoms with E-state index in [1.165, 1.54) is 223 Å². The minimum Gasteiger partial charge on any atom is -0.346 e. The van der Waals surface area contributed by atoms with Gasteiger partial charge in [0.25, 0.3) is 0 Å². The van der Waals surface area contributed by atoms with Gasteiger partial charge in [0.15, 0.2) is 0 Å². The van der Waals surface area contributed by atoms with Crippen molar-refractivity contribution in [3.63, 3.8) is 0 Å². The fourth-order valence-corrected chi connectivity index (χ4v) is 6.36. The maximum Gasteiger partial charge on any atom is 0.106 e. The number of hydrogen-bond acceptors (Lipinski definition) is 1. The zero-order valence-electron chi connectivity index (χ0n) is 28.6. The number of aromatic amines is 1. The molecule has 1 N–H and O–H groups in total. The Morgan fingerprint density at radius 2 is 0.634 bits per heavy atom. The first-order chi connectivity index (χ1) is 20.4. The van der Waals surface area contributed by atoms with Crippen molar-refractivity contribution >= 4 is 0 Å². The van der Waals surface area contributed by atoms with Crippen LogP contribution in [0.25, 0.3) is 0 Å². The number of nitrogens with one attached hydrogen (secondary N) is 1. The predicted octanol–water partition coefficient (Wildman–Crippen LogP) is 14.0. The Kier molecular flexibility index (Phi) is 30.0. The van der Waals surface area contributed by atoms with Crippen LogP contribution in [0.3, 0.4) is 0 Å². The SMILES string of the molecule is CCCCCCCCCCCCCCCCCCc1cnc(CCCCCCCCCCCCCCCCCC)[nH]1. The Labute approximate surface area is 259 Å². The van der Waals surface area contributed by atoms with Crippen molar-refractivity contribution in [3.8, 4) is 0 Å². The molecule has 2 heteroatoms. The second-order valence-corrected chi connectivity index (χ2v) is 13.5. The van der Waals surface area contributed by atoms with Crippen molar-refractivity contribution in [3.05, 3.63) is 17.7 Å². The van der Waals surface area contributed by atoms with Crippen LogP contribution in [0, 0.1) is 0 Å². The van der Waals surface area contributed by atoms with E-state index in [4.69, 9.17) is 0 Å². The summed E-state index contributed by atoms with van der Waals surface area (Å²) in [5.41, 5.74) is 1.36. The molecule has 2 nitrogen and oxygen atoms in total. The Balaban J connectivity index is 1.78. The Hall–Kier alpha value is -0.790. The zero-order chi connectivity index (χ0) is 29.3. The van der Waals surface area contributed by atoms with Crippen molar-refractivity contribution < 1.29 is 0 Å². The molecular formula is C39H76N2. The van der Waals surface area contributed by atoms with Crippen LogP contribution >= 0.6 is 0 Å². The molecular weight excluding hydrogens is 496 g/mol. The molecule has 0 aromatic carbocycles. The molecule has 0 aliphatic heterocycles. The molecule has 1 aromatic heterocycles. The molecule has 1 aromatic rings. The van der Waals surface area contributed by atoms with Gasteiger partial charge in [0.1, 0.15) is 5.82 Å². The van der Waals surface area contributed by atoms with Gasteiger partial charge in [-0.25, -0.2) is 4.98 Å². The number of nitrogens with zero attached hydrogens (tertiary/aromatic N) is 1. The summed E-state index contributed by atoms with van der Waals surface area (Å²) in [6, 6.07) is 0. The number of imidazole rings is 1. The highest BCUT2D eigenvalue weighted by molar-refractivity contribution is 5.01. The summed E-state index contributed by atoms with van der Waals surface area (Å²) in [7, 11) is 0. The standard InChI is InChI=1S/C39H76N2/c1-3-5-7-9-11-13-15-17-19-21-23-25-27-29-31-33-35-38-37-40-39(41-38)36-34-32-30-28-26-24-22-20-18-16-14-12-10-8-6-4-2/h37H,3-36H2,1-2H3,(H,40,41). The van der Waals surface area contributed by atoms with Crippen LogP contribution in [0.15, 0.2) is 6.20 Å². The average Bonchev–Trinajstić information content (AvgIpc) is 3.44. The lowest BCUT2D eigenvalue weighted by Gasteiger charge is -2.04. The third-order valence-corrected chi connectivity index (χ3v) is 9.25. The normalized spacial score (nSPS) is 11.6. The third-order valence-electron chi connectivity index (χ3n) is 9.25. The number of aromatic nitrogens is 2. The highest BCUT2D eigenvalue weighted by Gasteiger charge is 2.02. The van der Waals surface area contributed by atoms with Crippen molar-refractivity contribution in [2.24, 2.45) is 0 Å². The highest BCUT2D eigenvalue weighted by Crippen LogP contribution is 2.16. The van der Waals surface area contributed by atoms with Gasteiger partial charge in [-0.05, 0) is 19.3 Å². The van der Waals surface area contributed by atoms with Gasteiger partial charge in [0.05, 0.1) is 0 Å². The molecule has 0 amide bonds. The first kappa shape index (κ1) is 38.2. The molecule has 0 saturated heterocycles. The van der Waals surface area contributed by atoms with Gasteiger partial charge in [0, 0.05) is 18.3 Å². The molecule has 0 fully saturated rings. The summed E-state index contributed by atoms with van der Waals surface area (Å²) in [6.45, 7) is 4.61. The highest BCUT2D eigenvalue weighted by atomic mass is 14.9. The summed E-state index contributed by atoms with van der Waals surface area (Å²) in [5, 5.41) is 0. The molecule has 0 aliphatic carbocycles. The lowest BCUT2D eigenvalue weighted by atomic mass is 10.0. The topological polar surface area (TPSA) is 28.7 Å². The summed E-state index contributed by atoms with van der Waals surface area (Å²) in [6.07, 6.45) is 50.4. The van der Waals surface area contributed by atoms with E-state index in [0.29, 0.717) is 0 Å².